The smallest absolute Gasteiger partial charge is 0.416 e. The topological polar surface area (TPSA) is 55.4 Å². The number of hydrogen-bond acceptors (Lipinski definition) is 3. The second-order valence-electron chi connectivity index (χ2n) is 7.42. The molecule has 0 fully saturated rings. The fourth-order valence-corrected chi connectivity index (χ4v) is 4.16. The van der Waals surface area contributed by atoms with Crippen LogP contribution < -0.4 is 5.32 Å². The van der Waals surface area contributed by atoms with E-state index in [0.717, 1.165) is 23.3 Å². The van der Waals surface area contributed by atoms with E-state index in [1.165, 1.54) is 47.8 Å². The summed E-state index contributed by atoms with van der Waals surface area (Å²) in [6, 6.07) is 16.5. The molecule has 0 saturated carbocycles. The first-order valence-corrected chi connectivity index (χ1v) is 11.1. The maximum absolute atomic E-state index is 13.1. The molecular formula is C24H22F4N2O2S. The van der Waals surface area contributed by atoms with E-state index in [4.69, 9.17) is 0 Å². The van der Waals surface area contributed by atoms with Gasteiger partial charge in [0.2, 0.25) is 5.91 Å². The summed E-state index contributed by atoms with van der Waals surface area (Å²) in [6.07, 6.45) is -4.39. The van der Waals surface area contributed by atoms with Crippen molar-refractivity contribution >= 4 is 17.3 Å². The Kier molecular flexibility index (Phi) is 7.78. The fourth-order valence-electron chi connectivity index (χ4n) is 3.08. The fraction of sp³-hybridized carbons (Fsp3) is 0.208. The maximum Gasteiger partial charge on any atom is 0.416 e. The van der Waals surface area contributed by atoms with Gasteiger partial charge in [-0.2, -0.15) is 13.2 Å². The van der Waals surface area contributed by atoms with Crippen molar-refractivity contribution in [3.8, 4) is 11.1 Å². The third-order valence-electron chi connectivity index (χ3n) is 5.14. The number of likely N-dealkylation sites (N-methyl/N-ethyl adjacent to an activating group) is 1. The zero-order valence-corrected chi connectivity index (χ0v) is 18.7. The second-order valence-corrected chi connectivity index (χ2v) is 8.96. The number of hydrogen-bond donors (Lipinski definition) is 1. The van der Waals surface area contributed by atoms with Gasteiger partial charge in [0.1, 0.15) is 11.9 Å². The number of nitrogens with zero attached hydrogens (tertiary/aromatic N) is 1. The van der Waals surface area contributed by atoms with E-state index in [2.05, 4.69) is 5.32 Å². The Morgan fingerprint density at radius 2 is 1.67 bits per heavy atom. The van der Waals surface area contributed by atoms with E-state index in [1.807, 2.05) is 0 Å². The van der Waals surface area contributed by atoms with Gasteiger partial charge in [-0.05, 0) is 66.1 Å². The molecule has 0 heterocycles. The Balaban J connectivity index is 1.62. The third kappa shape index (κ3) is 6.34. The standard InChI is InChI=1S/C24H22F4N2O2S/c1-16(30(2)33(32)22-12-10-21(25)11-13-22)23(31)29-15-17-4-3-5-19(14-17)18-6-8-20(9-7-18)24(26,27)28/h3-14,16H,15H2,1-2H3,(H,29,31)/t16-,33?/m1/s1. The molecule has 0 saturated heterocycles. The van der Waals surface area contributed by atoms with Gasteiger partial charge in [0, 0.05) is 13.6 Å². The van der Waals surface area contributed by atoms with Crippen molar-refractivity contribution in [1.82, 2.24) is 9.62 Å². The summed E-state index contributed by atoms with van der Waals surface area (Å²) in [7, 11) is 1.54. The molecule has 33 heavy (non-hydrogen) atoms. The van der Waals surface area contributed by atoms with Crippen LogP contribution in [0.5, 0.6) is 0 Å². The lowest BCUT2D eigenvalue weighted by atomic mass is 10.0. The molecule has 0 aliphatic rings. The van der Waals surface area contributed by atoms with Crippen molar-refractivity contribution in [2.45, 2.75) is 30.6 Å². The number of carbonyl (C=O) groups excluding carboxylic acids is 1. The highest BCUT2D eigenvalue weighted by atomic mass is 32.2. The van der Waals surface area contributed by atoms with Gasteiger partial charge < -0.3 is 9.87 Å². The summed E-state index contributed by atoms with van der Waals surface area (Å²) in [5.74, 6) is -0.796. The van der Waals surface area contributed by atoms with Crippen molar-refractivity contribution < 1.29 is 26.9 Å². The monoisotopic (exact) mass is 478 g/mol. The Morgan fingerprint density at radius 3 is 2.27 bits per heavy atom. The molecule has 174 valence electrons. The van der Waals surface area contributed by atoms with E-state index in [9.17, 15) is 26.9 Å². The van der Waals surface area contributed by atoms with Gasteiger partial charge in [0.25, 0.3) is 0 Å². The van der Waals surface area contributed by atoms with Crippen LogP contribution in [0.2, 0.25) is 0 Å². The number of rotatable bonds is 7. The average Bonchev–Trinajstić information content (AvgIpc) is 2.81. The van der Waals surface area contributed by atoms with Crippen LogP contribution in [-0.4, -0.2) is 27.9 Å². The lowest BCUT2D eigenvalue weighted by Gasteiger charge is -2.25. The number of halogens is 4. The van der Waals surface area contributed by atoms with E-state index >= 15 is 0 Å². The molecule has 1 unspecified atom stereocenters. The van der Waals surface area contributed by atoms with E-state index in [1.54, 1.807) is 31.2 Å². The van der Waals surface area contributed by atoms with Gasteiger partial charge in [-0.1, -0.05) is 30.3 Å². The summed E-state index contributed by atoms with van der Waals surface area (Å²) >= 11 is -1.65. The van der Waals surface area contributed by atoms with E-state index in [-0.39, 0.29) is 12.5 Å². The first-order chi connectivity index (χ1) is 15.6. The first-order valence-electron chi connectivity index (χ1n) is 10.0. The van der Waals surface area contributed by atoms with Crippen molar-refractivity contribution in [1.29, 1.82) is 0 Å². The zero-order valence-electron chi connectivity index (χ0n) is 17.9. The Labute approximate surface area is 192 Å². The largest absolute Gasteiger partial charge is 0.593 e. The van der Waals surface area contributed by atoms with Crippen LogP contribution in [0.25, 0.3) is 11.1 Å². The van der Waals surface area contributed by atoms with Gasteiger partial charge in [-0.3, -0.25) is 4.79 Å². The van der Waals surface area contributed by atoms with Crippen molar-refractivity contribution in [2.24, 2.45) is 0 Å². The van der Waals surface area contributed by atoms with Gasteiger partial charge in [-0.15, -0.1) is 4.31 Å². The van der Waals surface area contributed by atoms with Gasteiger partial charge in [0.15, 0.2) is 4.90 Å². The number of carbonyl (C=O) groups is 1. The number of alkyl halides is 3. The SMILES string of the molecule is C[C@H](C(=O)NCc1cccc(-c2ccc(C(F)(F)F)cc2)c1)N(C)[S+]([O-])c1ccc(F)cc1. The van der Waals surface area contributed by atoms with Crippen molar-refractivity contribution in [2.75, 3.05) is 7.05 Å². The summed E-state index contributed by atoms with van der Waals surface area (Å²) in [5.41, 5.74) is 1.39. The molecule has 0 bridgehead atoms. The van der Waals surface area contributed by atoms with Gasteiger partial charge in [0.05, 0.1) is 16.9 Å². The van der Waals surface area contributed by atoms with Crippen molar-refractivity contribution in [3.05, 3.63) is 89.7 Å². The predicted molar refractivity (Wildman–Crippen MR) is 119 cm³/mol. The molecule has 3 aromatic carbocycles. The Hall–Kier alpha value is -2.88. The lowest BCUT2D eigenvalue weighted by molar-refractivity contribution is -0.137. The van der Waals surface area contributed by atoms with E-state index < -0.39 is 35.0 Å². The van der Waals surface area contributed by atoms with E-state index in [0.29, 0.717) is 10.5 Å². The highest BCUT2D eigenvalue weighted by molar-refractivity contribution is 7.89. The third-order valence-corrected chi connectivity index (χ3v) is 6.66. The first kappa shape index (κ1) is 24.8. The molecule has 2 atom stereocenters. The van der Waals surface area contributed by atoms with Crippen LogP contribution in [0, 0.1) is 5.82 Å². The predicted octanol–water partition coefficient (Wildman–Crippen LogP) is 5.17. The van der Waals surface area contributed by atoms with Gasteiger partial charge >= 0.3 is 6.18 Å². The number of nitrogens with one attached hydrogen (secondary N) is 1. The minimum absolute atomic E-state index is 0.189. The number of benzene rings is 3. The Morgan fingerprint density at radius 1 is 1.03 bits per heavy atom. The summed E-state index contributed by atoms with van der Waals surface area (Å²) in [5, 5.41) is 2.78. The number of amides is 1. The molecule has 0 radical (unpaired) electrons. The second kappa shape index (κ2) is 10.4. The molecule has 1 N–H and O–H groups in total. The van der Waals surface area contributed by atoms with Crippen molar-refractivity contribution in [3.63, 3.8) is 0 Å². The minimum atomic E-state index is -4.39. The summed E-state index contributed by atoms with van der Waals surface area (Å²) < 4.78 is 65.4. The summed E-state index contributed by atoms with van der Waals surface area (Å²) in [6.45, 7) is 1.80. The average molecular weight is 479 g/mol. The van der Waals surface area contributed by atoms with Crippen LogP contribution in [0.15, 0.2) is 77.7 Å². The minimum Gasteiger partial charge on any atom is -0.593 e. The van der Waals surface area contributed by atoms with Crippen LogP contribution >= 0.6 is 0 Å². The highest BCUT2D eigenvalue weighted by Crippen LogP contribution is 2.31. The maximum atomic E-state index is 13.1. The molecule has 0 spiro atoms. The molecule has 4 nitrogen and oxygen atoms in total. The molecule has 3 aromatic rings. The zero-order chi connectivity index (χ0) is 24.2. The molecule has 0 aromatic heterocycles. The Bertz CT molecular complexity index is 1090. The molecule has 3 rings (SSSR count). The van der Waals surface area contributed by atoms with Crippen LogP contribution in [0.3, 0.4) is 0 Å². The summed E-state index contributed by atoms with van der Waals surface area (Å²) in [4.78, 5) is 13.0. The molecule has 0 aliphatic heterocycles. The van der Waals surface area contributed by atoms with Crippen LogP contribution in [-0.2, 0) is 28.9 Å². The highest BCUT2D eigenvalue weighted by Gasteiger charge is 2.30. The van der Waals surface area contributed by atoms with Crippen LogP contribution in [0.4, 0.5) is 17.6 Å². The lowest BCUT2D eigenvalue weighted by Crippen LogP contribution is -2.45. The quantitative estimate of drug-likeness (QED) is 0.377. The molecule has 9 heteroatoms. The van der Waals surface area contributed by atoms with Gasteiger partial charge in [-0.25, -0.2) is 4.39 Å². The molecule has 1 amide bonds. The normalized spacial score (nSPS) is 13.6. The molecular weight excluding hydrogens is 456 g/mol. The molecule has 0 aliphatic carbocycles. The van der Waals surface area contributed by atoms with Crippen LogP contribution in [0.1, 0.15) is 18.1 Å².